The van der Waals surface area contributed by atoms with Crippen LogP contribution in [0, 0.1) is 26.2 Å². The molecule has 2 fully saturated rings. The molecule has 3 aromatic rings. The fraction of sp³-hybridized carbons (Fsp3) is 0.452. The van der Waals surface area contributed by atoms with E-state index in [-0.39, 0.29) is 42.8 Å². The van der Waals surface area contributed by atoms with E-state index in [0.29, 0.717) is 61.4 Å². The molecule has 2 aliphatic heterocycles. The van der Waals surface area contributed by atoms with Crippen LogP contribution in [-0.4, -0.2) is 77.1 Å². The summed E-state index contributed by atoms with van der Waals surface area (Å²) in [6.45, 7) is 11.5. The molecule has 10 heteroatoms. The zero-order chi connectivity index (χ0) is 37.2. The number of carbonyl (C=O) groups is 3. The van der Waals surface area contributed by atoms with Crippen molar-refractivity contribution < 1.29 is 29.0 Å². The predicted molar refractivity (Wildman–Crippen MR) is 203 cm³/mol. The Hall–Kier alpha value is -4.34. The zero-order valence-corrected chi connectivity index (χ0v) is 31.6. The Morgan fingerprint density at radius 3 is 2.33 bits per heavy atom. The molecule has 0 radical (unpaired) electrons. The number of aryl methyl sites for hydroxylation is 3. The van der Waals surface area contributed by atoms with E-state index in [1.54, 1.807) is 13.8 Å². The van der Waals surface area contributed by atoms with Gasteiger partial charge in [-0.3, -0.25) is 14.4 Å². The minimum atomic E-state index is -0.995. The third-order valence-corrected chi connectivity index (χ3v) is 11.0. The Morgan fingerprint density at radius 2 is 1.63 bits per heavy atom. The number of halogens is 1. The Kier molecular flexibility index (Phi) is 11.3. The number of carboxylic acid groups (broad SMARTS) is 1. The summed E-state index contributed by atoms with van der Waals surface area (Å²) < 4.78 is 11.9. The molecule has 276 valence electrons. The average molecular weight is 728 g/mol. The van der Waals surface area contributed by atoms with Crippen molar-refractivity contribution in [3.8, 4) is 11.5 Å². The van der Waals surface area contributed by atoms with Crippen molar-refractivity contribution in [2.45, 2.75) is 91.4 Å². The molecule has 52 heavy (non-hydrogen) atoms. The van der Waals surface area contributed by atoms with Gasteiger partial charge in [-0.2, -0.15) is 0 Å². The number of benzene rings is 3. The minimum Gasteiger partial charge on any atom is -0.490 e. The molecule has 2 heterocycles. The van der Waals surface area contributed by atoms with E-state index in [4.69, 9.17) is 21.1 Å². The number of rotatable bonds is 14. The molecule has 2 amide bonds. The van der Waals surface area contributed by atoms with Crippen LogP contribution < -0.4 is 14.8 Å². The van der Waals surface area contributed by atoms with Gasteiger partial charge in [-0.15, -0.1) is 0 Å². The second-order valence-electron chi connectivity index (χ2n) is 15.2. The number of nitrogens with zero attached hydrogens (tertiary/aromatic N) is 2. The van der Waals surface area contributed by atoms with Gasteiger partial charge in [-0.25, -0.2) is 0 Å². The lowest BCUT2D eigenvalue weighted by Gasteiger charge is -2.45. The SMILES string of the molecule is Cc1cc(Cl)c(OCCOc2ccc(C3=C(C(=O)N(Cc4ccccc4C)C4CC4)[C@H]4CN(C(=O)CCC(C)(C)C(=O)O)CC(C3)N4)cc2)cc1C. The predicted octanol–water partition coefficient (Wildman–Crippen LogP) is 7.13. The number of amides is 2. The van der Waals surface area contributed by atoms with Gasteiger partial charge in [0.1, 0.15) is 24.7 Å². The summed E-state index contributed by atoms with van der Waals surface area (Å²) in [6.07, 6.45) is 2.91. The lowest BCUT2D eigenvalue weighted by molar-refractivity contribution is -0.148. The highest BCUT2D eigenvalue weighted by Crippen LogP contribution is 2.38. The van der Waals surface area contributed by atoms with E-state index in [2.05, 4.69) is 24.4 Å². The molecule has 1 unspecified atom stereocenters. The van der Waals surface area contributed by atoms with Crippen molar-refractivity contribution in [3.05, 3.63) is 99.1 Å². The third kappa shape index (κ3) is 8.64. The lowest BCUT2D eigenvalue weighted by Crippen LogP contribution is -2.62. The molecule has 1 saturated carbocycles. The summed E-state index contributed by atoms with van der Waals surface area (Å²) in [5.74, 6) is 0.335. The highest BCUT2D eigenvalue weighted by Gasteiger charge is 2.43. The van der Waals surface area contributed by atoms with Crippen LogP contribution in [-0.2, 0) is 20.9 Å². The number of aliphatic carboxylic acids is 1. The van der Waals surface area contributed by atoms with E-state index in [1.165, 1.54) is 0 Å². The van der Waals surface area contributed by atoms with Gasteiger partial charge in [0.05, 0.1) is 16.5 Å². The standard InChI is InChI=1S/C42H50ClN3O6/c1-26-8-6-7-9-30(26)23-46(32-12-13-32)40(48)39-34(22-31-24-45(25-36(39)44-31)38(47)16-17-42(4,5)41(49)50)29-10-14-33(15-11-29)51-18-19-52-37-21-28(3)27(2)20-35(37)43/h6-11,14-15,20-21,31-32,36,44H,12-13,16-19,22-25H2,1-5H3,(H,49,50)/t31?,36-/m1/s1. The van der Waals surface area contributed by atoms with Crippen LogP contribution in [0.15, 0.2) is 66.2 Å². The quantitative estimate of drug-likeness (QED) is 0.170. The van der Waals surface area contributed by atoms with E-state index >= 15 is 0 Å². The number of fused-ring (bicyclic) bond motifs is 2. The van der Waals surface area contributed by atoms with Crippen LogP contribution in [0.5, 0.6) is 11.5 Å². The van der Waals surface area contributed by atoms with Crippen LogP contribution in [0.4, 0.5) is 0 Å². The fourth-order valence-corrected chi connectivity index (χ4v) is 7.34. The number of carbonyl (C=O) groups excluding carboxylic acids is 2. The molecular formula is C42H50ClN3O6. The first-order chi connectivity index (χ1) is 24.8. The first kappa shape index (κ1) is 37.4. The summed E-state index contributed by atoms with van der Waals surface area (Å²) in [5, 5.41) is 13.8. The second kappa shape index (κ2) is 15.7. The smallest absolute Gasteiger partial charge is 0.309 e. The Balaban J connectivity index is 1.23. The van der Waals surface area contributed by atoms with E-state index < -0.39 is 11.4 Å². The maximum atomic E-state index is 14.8. The second-order valence-corrected chi connectivity index (χ2v) is 15.6. The minimum absolute atomic E-state index is 0.000455. The van der Waals surface area contributed by atoms with Crippen molar-refractivity contribution in [1.82, 2.24) is 15.1 Å². The van der Waals surface area contributed by atoms with Gasteiger partial charge in [0.2, 0.25) is 5.91 Å². The van der Waals surface area contributed by atoms with Crippen LogP contribution >= 0.6 is 11.6 Å². The zero-order valence-electron chi connectivity index (χ0n) is 30.8. The molecule has 9 nitrogen and oxygen atoms in total. The molecule has 0 spiro atoms. The van der Waals surface area contributed by atoms with Gasteiger partial charge in [0.25, 0.3) is 5.91 Å². The molecule has 1 saturated heterocycles. The highest BCUT2D eigenvalue weighted by atomic mass is 35.5. The van der Waals surface area contributed by atoms with Crippen LogP contribution in [0.1, 0.15) is 73.8 Å². The number of ether oxygens (including phenoxy) is 2. The van der Waals surface area contributed by atoms with Crippen molar-refractivity contribution in [2.75, 3.05) is 26.3 Å². The summed E-state index contributed by atoms with van der Waals surface area (Å²) in [5.41, 5.74) is 6.15. The molecule has 2 atom stereocenters. The van der Waals surface area contributed by atoms with Gasteiger partial charge in [-0.1, -0.05) is 48.0 Å². The lowest BCUT2D eigenvalue weighted by atomic mass is 9.82. The molecular weight excluding hydrogens is 678 g/mol. The number of hydrogen-bond acceptors (Lipinski definition) is 6. The maximum Gasteiger partial charge on any atom is 0.309 e. The highest BCUT2D eigenvalue weighted by molar-refractivity contribution is 6.32. The number of carboxylic acids is 1. The van der Waals surface area contributed by atoms with Gasteiger partial charge in [-0.05, 0) is 118 Å². The first-order valence-corrected chi connectivity index (χ1v) is 18.7. The van der Waals surface area contributed by atoms with Gasteiger partial charge in [0, 0.05) is 43.7 Å². The molecule has 1 aliphatic carbocycles. The van der Waals surface area contributed by atoms with Gasteiger partial charge in [0.15, 0.2) is 0 Å². The van der Waals surface area contributed by atoms with Crippen molar-refractivity contribution in [3.63, 3.8) is 0 Å². The monoisotopic (exact) mass is 727 g/mol. The van der Waals surface area contributed by atoms with Crippen molar-refractivity contribution in [2.24, 2.45) is 5.41 Å². The topological polar surface area (TPSA) is 108 Å². The molecule has 6 rings (SSSR count). The third-order valence-electron chi connectivity index (χ3n) is 10.7. The summed E-state index contributed by atoms with van der Waals surface area (Å²) in [6, 6.07) is 19.7. The van der Waals surface area contributed by atoms with Gasteiger partial charge >= 0.3 is 5.97 Å². The van der Waals surface area contributed by atoms with Crippen molar-refractivity contribution in [1.29, 1.82) is 0 Å². The van der Waals surface area contributed by atoms with Gasteiger partial charge < -0.3 is 29.7 Å². The molecule has 3 aromatic carbocycles. The Labute approximate surface area is 311 Å². The molecule has 0 aromatic heterocycles. The summed E-state index contributed by atoms with van der Waals surface area (Å²) in [7, 11) is 0. The Bertz CT molecular complexity index is 1850. The maximum absolute atomic E-state index is 14.8. The molecule has 2 bridgehead atoms. The van der Waals surface area contributed by atoms with Crippen LogP contribution in [0.3, 0.4) is 0 Å². The normalized spacial score (nSPS) is 18.6. The molecule has 2 N–H and O–H groups in total. The van der Waals surface area contributed by atoms with Crippen LogP contribution in [0.2, 0.25) is 5.02 Å². The summed E-state index contributed by atoms with van der Waals surface area (Å²) in [4.78, 5) is 43.9. The fourth-order valence-electron chi connectivity index (χ4n) is 7.06. The first-order valence-electron chi connectivity index (χ1n) is 18.3. The molecule has 3 aliphatic rings. The largest absolute Gasteiger partial charge is 0.490 e. The Morgan fingerprint density at radius 1 is 0.942 bits per heavy atom. The van der Waals surface area contributed by atoms with Crippen LogP contribution in [0.25, 0.3) is 5.57 Å². The van der Waals surface area contributed by atoms with Crippen molar-refractivity contribution >= 4 is 35.0 Å². The van der Waals surface area contributed by atoms with E-state index in [9.17, 15) is 19.5 Å². The summed E-state index contributed by atoms with van der Waals surface area (Å²) >= 11 is 6.37. The number of piperazine rings is 1. The van der Waals surface area contributed by atoms with E-state index in [0.717, 1.165) is 46.2 Å². The van der Waals surface area contributed by atoms with E-state index in [1.807, 2.05) is 72.2 Å². The number of nitrogens with one attached hydrogen (secondary N) is 1. The number of hydrogen-bond donors (Lipinski definition) is 2. The average Bonchev–Trinajstić information content (AvgIpc) is 3.96.